The molecule has 10 nitrogen and oxygen atoms in total. The van der Waals surface area contributed by atoms with Gasteiger partial charge in [-0.1, -0.05) is 0 Å². The lowest BCUT2D eigenvalue weighted by molar-refractivity contribution is -0.138. The number of sulfonamides is 1. The molecule has 1 aliphatic heterocycles. The van der Waals surface area contributed by atoms with Crippen LogP contribution in [0.4, 0.5) is 4.79 Å². The van der Waals surface area contributed by atoms with Crippen molar-refractivity contribution in [3.05, 3.63) is 0 Å². The molecule has 0 aliphatic carbocycles. The van der Waals surface area contributed by atoms with Crippen molar-refractivity contribution in [3.63, 3.8) is 0 Å². The topological polar surface area (TPSA) is 164 Å². The van der Waals surface area contributed by atoms with Gasteiger partial charge in [0.2, 0.25) is 10.0 Å². The minimum atomic E-state index is -3.75. The average molecular weight is 343 g/mol. The molecule has 122 valence electrons. The van der Waals surface area contributed by atoms with Crippen LogP contribution in [-0.2, 0) is 24.7 Å². The van der Waals surface area contributed by atoms with Crippen LogP contribution in [0.1, 0.15) is 6.42 Å². The second-order valence-corrected chi connectivity index (χ2v) is 8.64. The molecule has 0 saturated carbocycles. The summed E-state index contributed by atoms with van der Waals surface area (Å²) >= 11 is 0. The maximum Gasteiger partial charge on any atom is 0.323 e. The van der Waals surface area contributed by atoms with Crippen molar-refractivity contribution in [2.24, 2.45) is 5.14 Å². The Balaban J connectivity index is 2.69. The van der Waals surface area contributed by atoms with Gasteiger partial charge in [0, 0.05) is 12.6 Å². The predicted molar refractivity (Wildman–Crippen MR) is 72.8 cm³/mol. The number of aliphatic carboxylic acids is 1. The molecule has 0 radical (unpaired) electrons. The fraction of sp³-hybridized carbons (Fsp3) is 0.778. The van der Waals surface area contributed by atoms with Gasteiger partial charge in [0.05, 0.1) is 17.3 Å². The van der Waals surface area contributed by atoms with Crippen LogP contribution in [0.2, 0.25) is 0 Å². The number of carbonyl (C=O) groups excluding carboxylic acids is 1. The Kier molecular flexibility index (Phi) is 5.53. The molecule has 0 aromatic rings. The molecule has 0 spiro atoms. The first-order valence-electron chi connectivity index (χ1n) is 5.97. The summed E-state index contributed by atoms with van der Waals surface area (Å²) < 4.78 is 44.3. The zero-order valence-corrected chi connectivity index (χ0v) is 12.7. The van der Waals surface area contributed by atoms with Gasteiger partial charge in [0.25, 0.3) is 0 Å². The largest absolute Gasteiger partial charge is 0.480 e. The van der Waals surface area contributed by atoms with Crippen molar-refractivity contribution in [1.29, 1.82) is 0 Å². The summed E-state index contributed by atoms with van der Waals surface area (Å²) in [5, 5.41) is 15.8. The summed E-state index contributed by atoms with van der Waals surface area (Å²) in [7, 11) is -7.04. The summed E-state index contributed by atoms with van der Waals surface area (Å²) in [5.41, 5.74) is 0. The van der Waals surface area contributed by atoms with Crippen LogP contribution in [0.3, 0.4) is 0 Å². The van der Waals surface area contributed by atoms with Crippen LogP contribution in [0.5, 0.6) is 0 Å². The summed E-state index contributed by atoms with van der Waals surface area (Å²) in [4.78, 5) is 23.5. The molecule has 1 rings (SSSR count). The first-order chi connectivity index (χ1) is 9.50. The molecule has 4 N–H and O–H groups in total. The summed E-state index contributed by atoms with van der Waals surface area (Å²) in [5.74, 6) is -2.20. The van der Waals surface area contributed by atoms with E-state index in [4.69, 9.17) is 10.2 Å². The Morgan fingerprint density at radius 2 is 2.00 bits per heavy atom. The standard InChI is InChI=1S/C9H17N3O7S2/c10-21(18,19)4-2-11-9(15)12(5-8(13)14)7-1-3-20(16,17)6-7/h7H,1-6H2,(H,11,15)(H,13,14)(H2,10,18,19). The van der Waals surface area contributed by atoms with Crippen LogP contribution < -0.4 is 10.5 Å². The number of nitrogens with one attached hydrogen (secondary N) is 1. The van der Waals surface area contributed by atoms with Crippen molar-refractivity contribution in [2.75, 3.05) is 30.3 Å². The normalized spacial score (nSPS) is 20.9. The van der Waals surface area contributed by atoms with E-state index in [2.05, 4.69) is 5.32 Å². The maximum atomic E-state index is 11.9. The number of urea groups is 1. The number of hydrogen-bond donors (Lipinski definition) is 3. The number of nitrogens with zero attached hydrogens (tertiary/aromatic N) is 1. The van der Waals surface area contributed by atoms with E-state index in [9.17, 15) is 26.4 Å². The first-order valence-corrected chi connectivity index (χ1v) is 9.51. The second-order valence-electron chi connectivity index (χ2n) is 4.68. The van der Waals surface area contributed by atoms with Gasteiger partial charge in [-0.3, -0.25) is 4.79 Å². The Morgan fingerprint density at radius 1 is 1.38 bits per heavy atom. The highest BCUT2D eigenvalue weighted by Gasteiger charge is 2.35. The number of nitrogens with two attached hydrogens (primary N) is 1. The van der Waals surface area contributed by atoms with E-state index in [0.717, 1.165) is 4.90 Å². The van der Waals surface area contributed by atoms with E-state index in [-0.39, 0.29) is 24.5 Å². The molecule has 1 fully saturated rings. The monoisotopic (exact) mass is 343 g/mol. The van der Waals surface area contributed by atoms with E-state index in [0.29, 0.717) is 0 Å². The molecule has 1 heterocycles. The lowest BCUT2D eigenvalue weighted by atomic mass is 10.2. The van der Waals surface area contributed by atoms with Crippen molar-refractivity contribution in [3.8, 4) is 0 Å². The molecular weight excluding hydrogens is 326 g/mol. The zero-order chi connectivity index (χ0) is 16.3. The molecule has 1 saturated heterocycles. The van der Waals surface area contributed by atoms with Crippen molar-refractivity contribution in [1.82, 2.24) is 10.2 Å². The minimum absolute atomic E-state index is 0.113. The number of carbonyl (C=O) groups is 2. The first kappa shape index (κ1) is 17.7. The molecule has 0 bridgehead atoms. The Labute approximate surface area is 122 Å². The van der Waals surface area contributed by atoms with E-state index in [1.54, 1.807) is 0 Å². The third kappa shape index (κ3) is 6.27. The number of amides is 2. The Hall–Kier alpha value is -1.40. The van der Waals surface area contributed by atoms with Crippen LogP contribution in [0.25, 0.3) is 0 Å². The highest BCUT2D eigenvalue weighted by molar-refractivity contribution is 7.91. The molecule has 21 heavy (non-hydrogen) atoms. The van der Waals surface area contributed by atoms with Gasteiger partial charge in [-0.05, 0) is 6.42 Å². The minimum Gasteiger partial charge on any atom is -0.480 e. The van der Waals surface area contributed by atoms with Gasteiger partial charge in [0.15, 0.2) is 9.84 Å². The van der Waals surface area contributed by atoms with E-state index >= 15 is 0 Å². The van der Waals surface area contributed by atoms with Crippen LogP contribution in [0.15, 0.2) is 0 Å². The molecule has 1 aliphatic rings. The fourth-order valence-corrected chi connectivity index (χ4v) is 4.05. The van der Waals surface area contributed by atoms with Gasteiger partial charge < -0.3 is 15.3 Å². The van der Waals surface area contributed by atoms with Crippen LogP contribution in [-0.4, -0.2) is 75.2 Å². The lowest BCUT2D eigenvalue weighted by Crippen LogP contribution is -2.50. The molecule has 0 aromatic heterocycles. The van der Waals surface area contributed by atoms with Gasteiger partial charge in [-0.15, -0.1) is 0 Å². The average Bonchev–Trinajstić information content (AvgIpc) is 2.64. The van der Waals surface area contributed by atoms with Crippen molar-refractivity contribution >= 4 is 31.9 Å². The quantitative estimate of drug-likeness (QED) is 0.482. The van der Waals surface area contributed by atoms with Crippen LogP contribution in [0, 0.1) is 0 Å². The second kappa shape index (κ2) is 6.58. The number of carboxylic acid groups (broad SMARTS) is 1. The van der Waals surface area contributed by atoms with Crippen LogP contribution >= 0.6 is 0 Å². The summed E-state index contributed by atoms with van der Waals surface area (Å²) in [6.45, 7) is -0.950. The van der Waals surface area contributed by atoms with Gasteiger partial charge in [-0.25, -0.2) is 26.8 Å². The molecule has 12 heteroatoms. The van der Waals surface area contributed by atoms with E-state index < -0.39 is 50.2 Å². The molecular formula is C9H17N3O7S2. The zero-order valence-electron chi connectivity index (χ0n) is 11.1. The number of sulfone groups is 1. The van der Waals surface area contributed by atoms with Gasteiger partial charge >= 0.3 is 12.0 Å². The van der Waals surface area contributed by atoms with Crippen molar-refractivity contribution < 1.29 is 31.5 Å². The fourth-order valence-electron chi connectivity index (χ4n) is 1.94. The highest BCUT2D eigenvalue weighted by Crippen LogP contribution is 2.17. The van der Waals surface area contributed by atoms with Gasteiger partial charge in [0.1, 0.15) is 6.54 Å². The number of hydrogen-bond acceptors (Lipinski definition) is 6. The van der Waals surface area contributed by atoms with E-state index in [1.807, 2.05) is 0 Å². The molecule has 2 amide bonds. The summed E-state index contributed by atoms with van der Waals surface area (Å²) in [6.07, 6.45) is 0.151. The smallest absolute Gasteiger partial charge is 0.323 e. The van der Waals surface area contributed by atoms with Gasteiger partial charge in [-0.2, -0.15) is 0 Å². The van der Waals surface area contributed by atoms with E-state index in [1.165, 1.54) is 0 Å². The number of primary sulfonamides is 1. The molecule has 0 aromatic carbocycles. The SMILES string of the molecule is NS(=O)(=O)CCNC(=O)N(CC(=O)O)C1CCS(=O)(=O)C1. The highest BCUT2D eigenvalue weighted by atomic mass is 32.2. The molecule has 1 atom stereocenters. The number of rotatable bonds is 6. The Morgan fingerprint density at radius 3 is 2.43 bits per heavy atom. The predicted octanol–water partition coefficient (Wildman–Crippen LogP) is -2.44. The number of carboxylic acids is 1. The van der Waals surface area contributed by atoms with Crippen molar-refractivity contribution in [2.45, 2.75) is 12.5 Å². The maximum absolute atomic E-state index is 11.9. The summed E-state index contributed by atoms with van der Waals surface area (Å²) in [6, 6.07) is -1.57. The Bertz CT molecular complexity index is 613. The lowest BCUT2D eigenvalue weighted by Gasteiger charge is -2.26. The third-order valence-electron chi connectivity index (χ3n) is 2.88. The molecule has 1 unspecified atom stereocenters. The third-order valence-corrected chi connectivity index (χ3v) is 5.40.